The molecule has 7 atom stereocenters. The van der Waals surface area contributed by atoms with E-state index in [2.05, 4.69) is 48.0 Å². The first kappa shape index (κ1) is 18.1. The highest BCUT2D eigenvalue weighted by Gasteiger charge is 2.52. The highest BCUT2D eigenvalue weighted by atomic mass is 32.2. The summed E-state index contributed by atoms with van der Waals surface area (Å²) < 4.78 is 5.92. The number of hydrogen-bond donors (Lipinski definition) is 2. The highest BCUT2D eigenvalue weighted by molar-refractivity contribution is 8.03. The molecule has 5 heteroatoms. The predicted octanol–water partition coefficient (Wildman–Crippen LogP) is 3.00. The second-order valence-electron chi connectivity index (χ2n) is 7.84. The molecular formula is C21H28N2O2S. The number of amides is 1. The number of thioether (sulfide) groups is 1. The Bertz CT molecular complexity index is 690. The van der Waals surface area contributed by atoms with Gasteiger partial charge in [-0.1, -0.05) is 37.3 Å². The van der Waals surface area contributed by atoms with Crippen LogP contribution in [0.2, 0.25) is 0 Å². The van der Waals surface area contributed by atoms with Crippen LogP contribution in [0.5, 0.6) is 0 Å². The van der Waals surface area contributed by atoms with Gasteiger partial charge in [-0.15, -0.1) is 11.8 Å². The van der Waals surface area contributed by atoms with Crippen LogP contribution < -0.4 is 11.1 Å². The minimum absolute atomic E-state index is 0.0193. The molecule has 2 aliphatic heterocycles. The summed E-state index contributed by atoms with van der Waals surface area (Å²) in [6, 6.07) is 9.16. The average Bonchev–Trinajstić information content (AvgIpc) is 3.17. The van der Waals surface area contributed by atoms with Crippen LogP contribution in [0.1, 0.15) is 42.7 Å². The van der Waals surface area contributed by atoms with Gasteiger partial charge in [-0.25, -0.2) is 0 Å². The largest absolute Gasteiger partial charge is 0.381 e. The van der Waals surface area contributed by atoms with Crippen LogP contribution in [0.25, 0.3) is 0 Å². The molecule has 6 unspecified atom stereocenters. The highest BCUT2D eigenvalue weighted by Crippen LogP contribution is 2.50. The summed E-state index contributed by atoms with van der Waals surface area (Å²) in [4.78, 5) is 12.5. The number of fused-ring (bicyclic) bond motifs is 3. The van der Waals surface area contributed by atoms with Gasteiger partial charge >= 0.3 is 0 Å². The number of ether oxygens (including phenoxy) is 1. The van der Waals surface area contributed by atoms with Gasteiger partial charge in [-0.05, 0) is 47.8 Å². The molecule has 2 heterocycles. The van der Waals surface area contributed by atoms with Gasteiger partial charge in [-0.3, -0.25) is 4.79 Å². The fraction of sp³-hybridized carbons (Fsp3) is 0.571. The van der Waals surface area contributed by atoms with E-state index in [-0.39, 0.29) is 23.3 Å². The molecule has 1 saturated heterocycles. The standard InChI is InChI=1S/C21H28N2O2S/c1-12(11-22)13-3-5-14(6-4-13)18-17(25-2)8-7-16-19(18)15-9-10-26-20(15)21(24)23-16/h3-6,9-10,12,15-20H,7-8,11,22H2,1-2H3,(H,23,24)/t12-,15?,16?,17?,18?,19?,20?/m0/s1. The predicted molar refractivity (Wildman–Crippen MR) is 106 cm³/mol. The van der Waals surface area contributed by atoms with Crippen molar-refractivity contribution in [3.8, 4) is 0 Å². The molecule has 1 saturated carbocycles. The zero-order valence-electron chi connectivity index (χ0n) is 15.4. The molecule has 1 aliphatic carbocycles. The summed E-state index contributed by atoms with van der Waals surface area (Å²) in [6.45, 7) is 2.82. The molecule has 26 heavy (non-hydrogen) atoms. The first-order chi connectivity index (χ1) is 12.6. The molecule has 0 radical (unpaired) electrons. The maximum Gasteiger partial charge on any atom is 0.234 e. The minimum atomic E-state index is 0.0193. The van der Waals surface area contributed by atoms with E-state index in [0.29, 0.717) is 30.2 Å². The minimum Gasteiger partial charge on any atom is -0.381 e. The summed E-state index contributed by atoms with van der Waals surface area (Å²) in [5, 5.41) is 5.43. The molecule has 1 amide bonds. The lowest BCUT2D eigenvalue weighted by Gasteiger charge is -2.49. The number of piperidine rings is 1. The Morgan fingerprint density at radius 1 is 1.31 bits per heavy atom. The molecule has 0 spiro atoms. The van der Waals surface area contributed by atoms with Gasteiger partial charge in [0.2, 0.25) is 5.91 Å². The molecule has 4 rings (SSSR count). The average molecular weight is 373 g/mol. The third-order valence-corrected chi connectivity index (χ3v) is 7.63. The maximum absolute atomic E-state index is 12.5. The van der Waals surface area contributed by atoms with Gasteiger partial charge in [0, 0.05) is 25.0 Å². The number of rotatable bonds is 4. The van der Waals surface area contributed by atoms with Gasteiger partial charge in [0.05, 0.1) is 11.4 Å². The molecule has 4 nitrogen and oxygen atoms in total. The number of nitrogens with two attached hydrogens (primary N) is 1. The SMILES string of the molecule is COC1CCC2NC(=O)C3SC=CC3C2C1c1ccc([C@@H](C)CN)cc1. The van der Waals surface area contributed by atoms with Crippen molar-refractivity contribution in [1.29, 1.82) is 0 Å². The Morgan fingerprint density at radius 3 is 2.77 bits per heavy atom. The van der Waals surface area contributed by atoms with E-state index in [1.54, 1.807) is 11.8 Å². The number of allylic oxidation sites excluding steroid dienone is 1. The second kappa shape index (κ2) is 7.37. The number of nitrogens with one attached hydrogen (secondary N) is 1. The Balaban J connectivity index is 1.69. The zero-order valence-corrected chi connectivity index (χ0v) is 16.2. The lowest BCUT2D eigenvalue weighted by atomic mass is 9.63. The van der Waals surface area contributed by atoms with Crippen LogP contribution in [-0.2, 0) is 9.53 Å². The van der Waals surface area contributed by atoms with Crippen LogP contribution in [-0.4, -0.2) is 37.0 Å². The van der Waals surface area contributed by atoms with Gasteiger partial charge in [0.1, 0.15) is 0 Å². The lowest BCUT2D eigenvalue weighted by Crippen LogP contribution is -2.59. The number of carbonyl (C=O) groups excluding carboxylic acids is 1. The van der Waals surface area contributed by atoms with Crippen molar-refractivity contribution in [2.24, 2.45) is 17.6 Å². The molecule has 1 aromatic carbocycles. The molecule has 0 aromatic heterocycles. The lowest BCUT2D eigenvalue weighted by molar-refractivity contribution is -0.127. The number of hydrogen-bond acceptors (Lipinski definition) is 4. The zero-order chi connectivity index (χ0) is 18.3. The molecule has 0 bridgehead atoms. The molecule has 3 aliphatic rings. The van der Waals surface area contributed by atoms with E-state index in [9.17, 15) is 4.79 Å². The normalized spacial score (nSPS) is 37.0. The smallest absolute Gasteiger partial charge is 0.234 e. The first-order valence-corrected chi connectivity index (χ1v) is 10.5. The van der Waals surface area contributed by atoms with Gasteiger partial charge in [0.25, 0.3) is 0 Å². The molecule has 3 N–H and O–H groups in total. The molecule has 2 fully saturated rings. The summed E-state index contributed by atoms with van der Waals surface area (Å²) in [6.07, 6.45) is 4.43. The summed E-state index contributed by atoms with van der Waals surface area (Å²) in [5.41, 5.74) is 8.42. The first-order valence-electron chi connectivity index (χ1n) is 9.59. The summed E-state index contributed by atoms with van der Waals surface area (Å²) in [5.74, 6) is 1.56. The van der Waals surface area contributed by atoms with E-state index in [1.165, 1.54) is 11.1 Å². The Hall–Kier alpha value is -1.30. The monoisotopic (exact) mass is 372 g/mol. The van der Waals surface area contributed by atoms with E-state index >= 15 is 0 Å². The molecular weight excluding hydrogens is 344 g/mol. The van der Waals surface area contributed by atoms with Crippen molar-refractivity contribution in [3.63, 3.8) is 0 Å². The number of carbonyl (C=O) groups is 1. The summed E-state index contributed by atoms with van der Waals surface area (Å²) >= 11 is 1.66. The van der Waals surface area contributed by atoms with Crippen LogP contribution in [0.3, 0.4) is 0 Å². The van der Waals surface area contributed by atoms with E-state index in [4.69, 9.17) is 10.5 Å². The second-order valence-corrected chi connectivity index (χ2v) is 8.89. The van der Waals surface area contributed by atoms with Crippen molar-refractivity contribution in [1.82, 2.24) is 5.32 Å². The van der Waals surface area contributed by atoms with Crippen molar-refractivity contribution in [3.05, 3.63) is 46.9 Å². The maximum atomic E-state index is 12.5. The topological polar surface area (TPSA) is 64.3 Å². The van der Waals surface area contributed by atoms with Crippen molar-refractivity contribution >= 4 is 17.7 Å². The third kappa shape index (κ3) is 3.00. The Morgan fingerprint density at radius 2 is 2.08 bits per heavy atom. The Labute approximate surface area is 159 Å². The fourth-order valence-electron chi connectivity index (χ4n) is 5.02. The van der Waals surface area contributed by atoms with Gasteiger partial charge in [0.15, 0.2) is 0 Å². The van der Waals surface area contributed by atoms with E-state index < -0.39 is 0 Å². The Kier molecular flexibility index (Phi) is 5.13. The third-order valence-electron chi connectivity index (χ3n) is 6.49. The van der Waals surface area contributed by atoms with Crippen LogP contribution in [0.4, 0.5) is 0 Å². The fourth-order valence-corrected chi connectivity index (χ4v) is 6.10. The quantitative estimate of drug-likeness (QED) is 0.853. The van der Waals surface area contributed by atoms with Gasteiger partial charge < -0.3 is 15.8 Å². The van der Waals surface area contributed by atoms with Crippen molar-refractivity contribution in [2.75, 3.05) is 13.7 Å². The van der Waals surface area contributed by atoms with Crippen LogP contribution in [0, 0.1) is 11.8 Å². The molecule has 140 valence electrons. The molecule has 1 aromatic rings. The van der Waals surface area contributed by atoms with Crippen molar-refractivity contribution < 1.29 is 9.53 Å². The van der Waals surface area contributed by atoms with E-state index in [0.717, 1.165) is 12.8 Å². The van der Waals surface area contributed by atoms with E-state index in [1.807, 2.05) is 7.11 Å². The van der Waals surface area contributed by atoms with Gasteiger partial charge in [-0.2, -0.15) is 0 Å². The number of benzene rings is 1. The van der Waals surface area contributed by atoms with Crippen LogP contribution in [0.15, 0.2) is 35.7 Å². The van der Waals surface area contributed by atoms with Crippen LogP contribution >= 0.6 is 11.8 Å². The van der Waals surface area contributed by atoms with Crippen molar-refractivity contribution in [2.45, 2.75) is 49.0 Å². The number of methoxy groups -OCH3 is 1. The summed E-state index contributed by atoms with van der Waals surface area (Å²) in [7, 11) is 1.82.